The second-order valence-electron chi connectivity index (χ2n) is 9.01. The summed E-state index contributed by atoms with van der Waals surface area (Å²) in [5.41, 5.74) is 4.25. The van der Waals surface area contributed by atoms with Crippen molar-refractivity contribution in [3.63, 3.8) is 0 Å². The van der Waals surface area contributed by atoms with Crippen molar-refractivity contribution < 1.29 is 23.5 Å². The number of hydrogen-bond donors (Lipinski definition) is 1. The molecular formula is C28H31FN4O4. The first-order valence-electron chi connectivity index (χ1n) is 12.7. The molecule has 3 heterocycles. The highest BCUT2D eigenvalue weighted by Crippen LogP contribution is 2.34. The van der Waals surface area contributed by atoms with Gasteiger partial charge in [-0.15, -0.1) is 0 Å². The number of morpholine rings is 1. The molecule has 0 saturated carbocycles. The summed E-state index contributed by atoms with van der Waals surface area (Å²) in [6, 6.07) is 11.7. The van der Waals surface area contributed by atoms with Crippen molar-refractivity contribution in [1.82, 2.24) is 14.9 Å². The van der Waals surface area contributed by atoms with Gasteiger partial charge < -0.3 is 24.4 Å². The smallest absolute Gasteiger partial charge is 0.341 e. The summed E-state index contributed by atoms with van der Waals surface area (Å²) < 4.78 is 24.3. The maximum Gasteiger partial charge on any atom is 0.341 e. The number of nitrogens with zero attached hydrogens (tertiary/aromatic N) is 3. The molecular weight excluding hydrogens is 475 g/mol. The number of esters is 1. The molecule has 1 N–H and O–H groups in total. The van der Waals surface area contributed by atoms with Crippen LogP contribution in [0.25, 0.3) is 16.5 Å². The molecule has 1 aromatic heterocycles. The number of fused-ring (bicyclic) bond motifs is 3. The Hall–Kier alpha value is -3.69. The molecule has 1 fully saturated rings. The molecule has 2 aliphatic rings. The minimum absolute atomic E-state index is 0.215. The molecule has 0 unspecified atom stereocenters. The van der Waals surface area contributed by atoms with Crippen LogP contribution >= 0.6 is 0 Å². The van der Waals surface area contributed by atoms with Gasteiger partial charge in [-0.2, -0.15) is 0 Å². The Balaban J connectivity index is 1.53. The Bertz CT molecular complexity index is 1330. The molecule has 194 valence electrons. The van der Waals surface area contributed by atoms with Crippen molar-refractivity contribution in [3.8, 4) is 0 Å². The second-order valence-corrected chi connectivity index (χ2v) is 9.01. The third-order valence-electron chi connectivity index (χ3n) is 6.82. The van der Waals surface area contributed by atoms with Crippen LogP contribution in [-0.2, 0) is 20.7 Å². The number of hydrogen-bond acceptors (Lipinski definition) is 6. The summed E-state index contributed by atoms with van der Waals surface area (Å²) in [5, 5.41) is 5.55. The van der Waals surface area contributed by atoms with E-state index >= 15 is 0 Å². The zero-order chi connectivity index (χ0) is 25.9. The van der Waals surface area contributed by atoms with E-state index < -0.39 is 11.8 Å². The number of aromatic nitrogens is 1. The van der Waals surface area contributed by atoms with Crippen LogP contribution in [0.1, 0.15) is 35.5 Å². The van der Waals surface area contributed by atoms with Gasteiger partial charge in [0.25, 0.3) is 5.91 Å². The van der Waals surface area contributed by atoms with Crippen molar-refractivity contribution in [2.24, 2.45) is 0 Å². The average Bonchev–Trinajstić information content (AvgIpc) is 3.16. The van der Waals surface area contributed by atoms with Gasteiger partial charge in [0.05, 0.1) is 36.8 Å². The van der Waals surface area contributed by atoms with Crippen molar-refractivity contribution >= 4 is 34.0 Å². The molecule has 5 rings (SSSR count). The van der Waals surface area contributed by atoms with E-state index in [2.05, 4.69) is 40.1 Å². The Morgan fingerprint density at radius 2 is 1.84 bits per heavy atom. The molecule has 0 radical (unpaired) electrons. The Morgan fingerprint density at radius 3 is 2.54 bits per heavy atom. The lowest BCUT2D eigenvalue weighted by atomic mass is 10.0. The lowest BCUT2D eigenvalue weighted by molar-refractivity contribution is -0.136. The van der Waals surface area contributed by atoms with Crippen LogP contribution in [0.2, 0.25) is 0 Å². The van der Waals surface area contributed by atoms with Crippen molar-refractivity contribution in [1.29, 1.82) is 0 Å². The molecule has 0 bridgehead atoms. The minimum atomic E-state index is -0.502. The number of carbonyl (C=O) groups is 2. The van der Waals surface area contributed by atoms with E-state index in [1.54, 1.807) is 13.1 Å². The number of ether oxygens (including phenoxy) is 2. The van der Waals surface area contributed by atoms with E-state index in [1.165, 1.54) is 29.2 Å². The van der Waals surface area contributed by atoms with E-state index in [1.807, 2.05) is 0 Å². The van der Waals surface area contributed by atoms with E-state index in [9.17, 15) is 14.0 Å². The van der Waals surface area contributed by atoms with Gasteiger partial charge in [-0.3, -0.25) is 4.79 Å². The van der Waals surface area contributed by atoms with Crippen molar-refractivity contribution in [2.75, 3.05) is 51.0 Å². The summed E-state index contributed by atoms with van der Waals surface area (Å²) in [4.78, 5) is 31.2. The molecule has 2 aromatic carbocycles. The highest BCUT2D eigenvalue weighted by atomic mass is 19.1. The number of anilines is 1. The van der Waals surface area contributed by atoms with E-state index in [-0.39, 0.29) is 12.5 Å². The Kier molecular flexibility index (Phi) is 7.25. The summed E-state index contributed by atoms with van der Waals surface area (Å²) >= 11 is 0. The van der Waals surface area contributed by atoms with Crippen LogP contribution in [-0.4, -0.2) is 72.8 Å². The van der Waals surface area contributed by atoms with Gasteiger partial charge in [0, 0.05) is 48.8 Å². The van der Waals surface area contributed by atoms with Gasteiger partial charge in [0.15, 0.2) is 0 Å². The summed E-state index contributed by atoms with van der Waals surface area (Å²) in [7, 11) is 0. The van der Waals surface area contributed by atoms with Gasteiger partial charge in [-0.05, 0) is 62.2 Å². The second kappa shape index (κ2) is 10.7. The first-order valence-corrected chi connectivity index (χ1v) is 12.7. The third kappa shape index (κ3) is 4.97. The highest BCUT2D eigenvalue weighted by Gasteiger charge is 2.28. The largest absolute Gasteiger partial charge is 0.462 e. The lowest BCUT2D eigenvalue weighted by Gasteiger charge is -2.38. The van der Waals surface area contributed by atoms with Crippen molar-refractivity contribution in [2.45, 2.75) is 20.3 Å². The molecule has 0 spiro atoms. The summed E-state index contributed by atoms with van der Waals surface area (Å²) in [6.45, 7) is 8.36. The summed E-state index contributed by atoms with van der Waals surface area (Å²) in [6.07, 6.45) is 2.10. The van der Waals surface area contributed by atoms with Gasteiger partial charge >= 0.3 is 5.97 Å². The van der Waals surface area contributed by atoms with Crippen LogP contribution in [0, 0.1) is 5.82 Å². The van der Waals surface area contributed by atoms with Crippen LogP contribution in [0.15, 0.2) is 48.7 Å². The maximum absolute atomic E-state index is 13.4. The van der Waals surface area contributed by atoms with Gasteiger partial charge in [0.1, 0.15) is 5.82 Å². The third-order valence-corrected chi connectivity index (χ3v) is 6.82. The number of benzene rings is 2. The number of nitrogens with one attached hydrogen (secondary N) is 1. The first-order chi connectivity index (χ1) is 18.0. The SMILES string of the molecule is CCOC(=O)C1=CN(C(=O)c2ccc(F)cc2)CCc2c1[nH]c1cc(N(CC)N3CCOCC3)ccc21. The van der Waals surface area contributed by atoms with E-state index in [0.29, 0.717) is 43.0 Å². The standard InChI is InChI=1S/C28H31FN4O4/c1-3-33(32-13-15-36-16-14-32)21-9-10-22-23-11-12-31(27(34)19-5-7-20(29)8-6-19)18-24(28(35)37-4-2)26(23)30-25(22)17-21/h5-10,17-18,30H,3-4,11-16H2,1-2H3. The highest BCUT2D eigenvalue weighted by molar-refractivity contribution is 6.18. The number of aromatic amines is 1. The molecule has 0 atom stereocenters. The monoisotopic (exact) mass is 506 g/mol. The van der Waals surface area contributed by atoms with Crippen LogP contribution in [0.5, 0.6) is 0 Å². The molecule has 3 aromatic rings. The number of hydrazine groups is 1. The first kappa shape index (κ1) is 25.0. The van der Waals surface area contributed by atoms with Crippen LogP contribution in [0.3, 0.4) is 0 Å². The fourth-order valence-corrected chi connectivity index (χ4v) is 5.03. The Morgan fingerprint density at radius 1 is 1.08 bits per heavy atom. The number of halogens is 1. The van der Waals surface area contributed by atoms with Gasteiger partial charge in [-0.1, -0.05) is 6.07 Å². The summed E-state index contributed by atoms with van der Waals surface area (Å²) in [5.74, 6) is -1.22. The molecule has 1 saturated heterocycles. The number of H-pyrrole nitrogens is 1. The zero-order valence-corrected chi connectivity index (χ0v) is 21.1. The fourth-order valence-electron chi connectivity index (χ4n) is 5.03. The molecule has 9 heteroatoms. The average molecular weight is 507 g/mol. The molecule has 0 aliphatic carbocycles. The maximum atomic E-state index is 13.4. The molecule has 8 nitrogen and oxygen atoms in total. The predicted molar refractivity (Wildman–Crippen MR) is 139 cm³/mol. The number of rotatable bonds is 6. The van der Waals surface area contributed by atoms with E-state index in [0.717, 1.165) is 41.8 Å². The van der Waals surface area contributed by atoms with Gasteiger partial charge in [0.2, 0.25) is 0 Å². The number of carbonyl (C=O) groups excluding carboxylic acids is 2. The minimum Gasteiger partial charge on any atom is -0.462 e. The van der Waals surface area contributed by atoms with Gasteiger partial charge in [-0.25, -0.2) is 14.2 Å². The zero-order valence-electron chi connectivity index (χ0n) is 21.1. The lowest BCUT2D eigenvalue weighted by Crippen LogP contribution is -2.49. The van der Waals surface area contributed by atoms with Crippen LogP contribution in [0.4, 0.5) is 10.1 Å². The topological polar surface area (TPSA) is 78.1 Å². The normalized spacial score (nSPS) is 16.2. The van der Waals surface area contributed by atoms with E-state index in [4.69, 9.17) is 9.47 Å². The predicted octanol–water partition coefficient (Wildman–Crippen LogP) is 3.98. The fraction of sp³-hybridized carbons (Fsp3) is 0.357. The molecule has 1 amide bonds. The van der Waals surface area contributed by atoms with Crippen LogP contribution < -0.4 is 5.01 Å². The Labute approximate surface area is 215 Å². The number of amides is 1. The van der Waals surface area contributed by atoms with Crippen molar-refractivity contribution in [3.05, 3.63) is 71.3 Å². The molecule has 37 heavy (non-hydrogen) atoms. The quantitative estimate of drug-likeness (QED) is 0.510. The molecule has 2 aliphatic heterocycles.